The van der Waals surface area contributed by atoms with Crippen LogP contribution in [0.3, 0.4) is 0 Å². The number of hydrogen-bond donors (Lipinski definition) is 1. The van der Waals surface area contributed by atoms with Crippen LogP contribution in [0.15, 0.2) is 42.6 Å². The van der Waals surface area contributed by atoms with E-state index in [0.717, 1.165) is 16.5 Å². The molecule has 0 aliphatic heterocycles. The van der Waals surface area contributed by atoms with Crippen molar-refractivity contribution in [2.24, 2.45) is 5.73 Å². The molecular formula is C15H14AsN2O. The van der Waals surface area contributed by atoms with Crippen molar-refractivity contribution >= 4 is 26.1 Å². The Kier molecular flexibility index (Phi) is 3.39. The second-order valence-corrected chi connectivity index (χ2v) is 7.91. The number of carbonyl (C=O) groups excluding carboxylic acids is 1. The summed E-state index contributed by atoms with van der Waals surface area (Å²) in [5, 5.41) is 0. The monoisotopic (exact) mass is 313 g/mol. The van der Waals surface area contributed by atoms with Gasteiger partial charge in [0.1, 0.15) is 0 Å². The fraction of sp³-hybridized carbons (Fsp3) is 0.200. The number of nitrogens with two attached hydrogens (primary N) is 1. The quantitative estimate of drug-likeness (QED) is 0.842. The number of aromatic nitrogens is 1. The van der Waals surface area contributed by atoms with Crippen molar-refractivity contribution in [3.8, 4) is 0 Å². The van der Waals surface area contributed by atoms with Crippen LogP contribution < -0.4 is 10.2 Å². The molecule has 1 amide bonds. The van der Waals surface area contributed by atoms with Crippen molar-refractivity contribution in [2.75, 3.05) is 0 Å². The normalized spacial score (nSPS) is 21.7. The van der Waals surface area contributed by atoms with Gasteiger partial charge in [0.25, 0.3) is 0 Å². The second kappa shape index (κ2) is 5.18. The van der Waals surface area contributed by atoms with Crippen LogP contribution in [0.4, 0.5) is 0 Å². The van der Waals surface area contributed by atoms with Gasteiger partial charge in [0.15, 0.2) is 0 Å². The minimum atomic E-state index is -0.475. The Labute approximate surface area is 118 Å². The summed E-state index contributed by atoms with van der Waals surface area (Å²) in [6.45, 7) is 0. The standard InChI is InChI=1S/C15H14AsN2O/c17-15(19)14-11-6-2-1-5-10(11)9-12(14)16-13-7-3-4-8-18-13/h2-8,12,14,16H,9H2,(H2,17,19)/t12-,14?/m0/s1. The average Bonchev–Trinajstić information content (AvgIpc) is 2.77. The van der Waals surface area contributed by atoms with Crippen molar-refractivity contribution in [2.45, 2.75) is 17.0 Å². The third kappa shape index (κ3) is 2.43. The molecule has 0 fully saturated rings. The van der Waals surface area contributed by atoms with Gasteiger partial charge in [-0.05, 0) is 0 Å². The van der Waals surface area contributed by atoms with Crippen LogP contribution in [0.2, 0.25) is 4.71 Å². The SMILES string of the molecule is NC(=O)C1c2cc[c]cc2C[C@@H]1[AsH]c1ccccn1. The Morgan fingerprint density at radius 3 is 3.05 bits per heavy atom. The van der Waals surface area contributed by atoms with Crippen molar-refractivity contribution in [1.82, 2.24) is 4.98 Å². The first-order valence-electron chi connectivity index (χ1n) is 6.21. The Bertz CT molecular complexity index is 600. The van der Waals surface area contributed by atoms with Crippen molar-refractivity contribution in [3.63, 3.8) is 0 Å². The molecule has 2 N–H and O–H groups in total. The molecule has 19 heavy (non-hydrogen) atoms. The summed E-state index contributed by atoms with van der Waals surface area (Å²) in [6, 6.07) is 14.9. The molecule has 2 aromatic rings. The fourth-order valence-electron chi connectivity index (χ4n) is 2.65. The predicted octanol–water partition coefficient (Wildman–Crippen LogP) is 0.557. The van der Waals surface area contributed by atoms with Crippen LogP contribution >= 0.6 is 0 Å². The molecule has 1 heterocycles. The van der Waals surface area contributed by atoms with Crippen LogP contribution in [-0.4, -0.2) is 26.6 Å². The van der Waals surface area contributed by atoms with E-state index in [2.05, 4.69) is 11.1 Å². The first-order valence-corrected chi connectivity index (χ1v) is 8.47. The first-order chi connectivity index (χ1) is 9.25. The molecule has 1 aliphatic carbocycles. The van der Waals surface area contributed by atoms with Crippen molar-refractivity contribution in [1.29, 1.82) is 0 Å². The molecule has 3 atom stereocenters. The third-order valence-corrected chi connectivity index (χ3v) is 6.62. The summed E-state index contributed by atoms with van der Waals surface area (Å²) in [6.07, 6.45) is 2.74. The summed E-state index contributed by atoms with van der Waals surface area (Å²) in [5.41, 5.74) is 7.92. The summed E-state index contributed by atoms with van der Waals surface area (Å²) in [7, 11) is 0. The summed E-state index contributed by atoms with van der Waals surface area (Å²) in [5.74, 6) is -0.360. The molecule has 95 valence electrons. The van der Waals surface area contributed by atoms with E-state index in [9.17, 15) is 4.79 Å². The minimum absolute atomic E-state index is 0.147. The van der Waals surface area contributed by atoms with Gasteiger partial charge in [0, 0.05) is 0 Å². The number of pyridine rings is 1. The van der Waals surface area contributed by atoms with E-state index in [-0.39, 0.29) is 11.8 Å². The number of nitrogens with zero attached hydrogens (tertiary/aromatic N) is 1. The number of carbonyl (C=O) groups is 1. The van der Waals surface area contributed by atoms with Gasteiger partial charge < -0.3 is 0 Å². The molecule has 1 aromatic carbocycles. The molecule has 0 saturated heterocycles. The topological polar surface area (TPSA) is 56.0 Å². The zero-order chi connectivity index (χ0) is 13.2. The molecule has 1 radical (unpaired) electrons. The molecule has 3 nitrogen and oxygen atoms in total. The summed E-state index contributed by atoms with van der Waals surface area (Å²) in [4.78, 5) is 16.2. The predicted molar refractivity (Wildman–Crippen MR) is 75.7 cm³/mol. The van der Waals surface area contributed by atoms with Gasteiger partial charge >= 0.3 is 118 Å². The van der Waals surface area contributed by atoms with E-state index in [4.69, 9.17) is 5.73 Å². The molecule has 3 rings (SSSR count). The fourth-order valence-corrected chi connectivity index (χ4v) is 5.91. The van der Waals surface area contributed by atoms with E-state index in [0.29, 0.717) is 4.71 Å². The zero-order valence-electron chi connectivity index (χ0n) is 10.3. The molecule has 1 aliphatic rings. The number of amides is 1. The Balaban J connectivity index is 1.89. The van der Waals surface area contributed by atoms with Crippen molar-refractivity contribution in [3.05, 3.63) is 59.8 Å². The van der Waals surface area contributed by atoms with E-state index < -0.39 is 15.8 Å². The van der Waals surface area contributed by atoms with E-state index in [1.54, 1.807) is 0 Å². The van der Waals surface area contributed by atoms with Gasteiger partial charge in [-0.1, -0.05) is 0 Å². The van der Waals surface area contributed by atoms with Gasteiger partial charge in [-0.3, -0.25) is 0 Å². The molecular weight excluding hydrogens is 299 g/mol. The number of primary amides is 1. The second-order valence-electron chi connectivity index (χ2n) is 4.67. The van der Waals surface area contributed by atoms with Gasteiger partial charge in [0.05, 0.1) is 0 Å². The van der Waals surface area contributed by atoms with Crippen molar-refractivity contribution < 1.29 is 4.79 Å². The Morgan fingerprint density at radius 2 is 2.32 bits per heavy atom. The van der Waals surface area contributed by atoms with Gasteiger partial charge in [-0.2, -0.15) is 0 Å². The maximum absolute atomic E-state index is 11.8. The van der Waals surface area contributed by atoms with Crippen LogP contribution in [0.1, 0.15) is 17.0 Å². The number of fused-ring (bicyclic) bond motifs is 1. The van der Waals surface area contributed by atoms with E-state index in [1.165, 1.54) is 5.56 Å². The number of benzene rings is 1. The average molecular weight is 313 g/mol. The van der Waals surface area contributed by atoms with Gasteiger partial charge in [-0.15, -0.1) is 0 Å². The summed E-state index contributed by atoms with van der Waals surface area (Å²) >= 11 is -0.475. The Hall–Kier alpha value is -1.60. The number of hydrogen-bond acceptors (Lipinski definition) is 2. The first kappa shape index (κ1) is 12.4. The van der Waals surface area contributed by atoms with Gasteiger partial charge in [0.2, 0.25) is 0 Å². The van der Waals surface area contributed by atoms with Crippen LogP contribution in [0, 0.1) is 6.07 Å². The Morgan fingerprint density at radius 1 is 1.42 bits per heavy atom. The third-order valence-electron chi connectivity index (χ3n) is 3.47. The van der Waals surface area contributed by atoms with E-state index >= 15 is 0 Å². The van der Waals surface area contributed by atoms with Crippen LogP contribution in [0.25, 0.3) is 0 Å². The number of rotatable bonds is 3. The zero-order valence-corrected chi connectivity index (χ0v) is 12.4. The molecule has 0 bridgehead atoms. The molecule has 2 unspecified atom stereocenters. The molecule has 1 aromatic heterocycles. The van der Waals surface area contributed by atoms with Crippen LogP contribution in [0.5, 0.6) is 0 Å². The van der Waals surface area contributed by atoms with E-state index in [1.807, 2.05) is 42.6 Å². The summed E-state index contributed by atoms with van der Waals surface area (Å²) < 4.78 is 1.47. The molecule has 0 spiro atoms. The van der Waals surface area contributed by atoms with Gasteiger partial charge in [-0.25, -0.2) is 0 Å². The van der Waals surface area contributed by atoms with Crippen LogP contribution in [-0.2, 0) is 11.2 Å². The molecule has 4 heteroatoms. The maximum atomic E-state index is 11.8. The molecule has 0 saturated carbocycles.